The molecule has 5 fully saturated rings. The molecular formula is C28H34O5. The molecule has 33 heavy (non-hydrogen) atoms. The zero-order valence-corrected chi connectivity index (χ0v) is 19.7. The van der Waals surface area contributed by atoms with Crippen LogP contribution in [0.3, 0.4) is 0 Å². The molecule has 0 unspecified atom stereocenters. The quantitative estimate of drug-likeness (QED) is 0.529. The van der Waals surface area contributed by atoms with Crippen molar-refractivity contribution in [1.82, 2.24) is 0 Å². The Bertz CT molecular complexity index is 978. The molecule has 0 aromatic heterocycles. The van der Waals surface area contributed by atoms with Gasteiger partial charge in [0.2, 0.25) is 5.79 Å². The van der Waals surface area contributed by atoms with Crippen molar-refractivity contribution in [2.75, 3.05) is 0 Å². The van der Waals surface area contributed by atoms with Crippen molar-refractivity contribution in [3.05, 3.63) is 60.2 Å². The Hall–Kier alpha value is -1.76. The van der Waals surface area contributed by atoms with Crippen molar-refractivity contribution in [2.24, 2.45) is 23.7 Å². The molecule has 4 saturated heterocycles. The van der Waals surface area contributed by atoms with E-state index in [4.69, 9.17) is 24.0 Å². The van der Waals surface area contributed by atoms with Gasteiger partial charge < -0.3 is 14.2 Å². The smallest absolute Gasteiger partial charge is 0.201 e. The van der Waals surface area contributed by atoms with Gasteiger partial charge in [0.15, 0.2) is 18.2 Å². The summed E-state index contributed by atoms with van der Waals surface area (Å²) in [6, 6.07) is 19.0. The fourth-order valence-corrected chi connectivity index (χ4v) is 6.66. The molecule has 0 amide bonds. The van der Waals surface area contributed by atoms with Gasteiger partial charge >= 0.3 is 0 Å². The zero-order chi connectivity index (χ0) is 22.6. The molecule has 5 heteroatoms. The molecule has 0 N–H and O–H groups in total. The summed E-state index contributed by atoms with van der Waals surface area (Å²) in [4.78, 5) is 12.1. The Morgan fingerprint density at radius 2 is 1.64 bits per heavy atom. The highest BCUT2D eigenvalue weighted by molar-refractivity contribution is 5.63. The average molecular weight is 451 g/mol. The third-order valence-electron chi connectivity index (χ3n) is 8.57. The molecule has 4 aliphatic heterocycles. The van der Waals surface area contributed by atoms with Gasteiger partial charge in [0.25, 0.3) is 0 Å². The molecule has 1 saturated carbocycles. The highest BCUT2D eigenvalue weighted by atomic mass is 17.3. The van der Waals surface area contributed by atoms with Crippen molar-refractivity contribution in [2.45, 2.75) is 77.0 Å². The molecule has 7 rings (SSSR count). The summed E-state index contributed by atoms with van der Waals surface area (Å²) in [7, 11) is 0. The Kier molecular flexibility index (Phi) is 5.39. The molecule has 0 radical (unpaired) electrons. The molecule has 8 atom stereocenters. The minimum Gasteiger partial charge on any atom is -0.348 e. The van der Waals surface area contributed by atoms with Gasteiger partial charge in [-0.15, -0.1) is 0 Å². The van der Waals surface area contributed by atoms with Crippen LogP contribution < -0.4 is 0 Å². The Balaban J connectivity index is 1.20. The van der Waals surface area contributed by atoms with E-state index >= 15 is 0 Å². The predicted molar refractivity (Wildman–Crippen MR) is 123 cm³/mol. The van der Waals surface area contributed by atoms with Crippen molar-refractivity contribution in [1.29, 1.82) is 0 Å². The van der Waals surface area contributed by atoms with Crippen LogP contribution in [-0.4, -0.2) is 24.0 Å². The lowest BCUT2D eigenvalue weighted by Gasteiger charge is -2.60. The van der Waals surface area contributed by atoms with Crippen molar-refractivity contribution in [3.8, 4) is 11.1 Å². The van der Waals surface area contributed by atoms with Crippen LogP contribution in [-0.2, 0) is 30.6 Å². The van der Waals surface area contributed by atoms with E-state index in [9.17, 15) is 0 Å². The topological polar surface area (TPSA) is 46.2 Å². The number of rotatable bonds is 4. The van der Waals surface area contributed by atoms with Crippen molar-refractivity contribution >= 4 is 0 Å². The lowest BCUT2D eigenvalue weighted by Crippen LogP contribution is -2.70. The van der Waals surface area contributed by atoms with Gasteiger partial charge in [0, 0.05) is 18.3 Å². The second-order valence-corrected chi connectivity index (χ2v) is 10.6. The maximum absolute atomic E-state index is 6.52. The molecule has 1 aliphatic carbocycles. The van der Waals surface area contributed by atoms with Gasteiger partial charge in [0.05, 0.1) is 6.61 Å². The van der Waals surface area contributed by atoms with Crippen LogP contribution in [0.2, 0.25) is 0 Å². The molecule has 5 nitrogen and oxygen atoms in total. The number of ether oxygens (including phenoxy) is 3. The van der Waals surface area contributed by atoms with Gasteiger partial charge in [-0.25, -0.2) is 9.78 Å². The highest BCUT2D eigenvalue weighted by Crippen LogP contribution is 2.60. The van der Waals surface area contributed by atoms with Crippen LogP contribution in [0.4, 0.5) is 0 Å². The van der Waals surface area contributed by atoms with E-state index < -0.39 is 17.7 Å². The molecule has 5 aliphatic rings. The van der Waals surface area contributed by atoms with Crippen molar-refractivity contribution < 1.29 is 24.0 Å². The summed E-state index contributed by atoms with van der Waals surface area (Å²) < 4.78 is 19.3. The first-order chi connectivity index (χ1) is 16.0. The Morgan fingerprint density at radius 1 is 0.879 bits per heavy atom. The summed E-state index contributed by atoms with van der Waals surface area (Å²) in [6.07, 6.45) is 3.35. The second kappa shape index (κ2) is 8.17. The molecule has 4 heterocycles. The third-order valence-corrected chi connectivity index (χ3v) is 8.57. The Labute approximate surface area is 196 Å². The maximum Gasteiger partial charge on any atom is 0.201 e. The molecule has 176 valence electrons. The van der Waals surface area contributed by atoms with Gasteiger partial charge in [-0.1, -0.05) is 68.4 Å². The van der Waals surface area contributed by atoms with Gasteiger partial charge in [-0.2, -0.15) is 0 Å². The monoisotopic (exact) mass is 450 g/mol. The van der Waals surface area contributed by atoms with Crippen LogP contribution in [0.15, 0.2) is 54.6 Å². The normalized spacial score (nSPS) is 41.9. The van der Waals surface area contributed by atoms with E-state index in [1.165, 1.54) is 17.5 Å². The first-order valence-corrected chi connectivity index (χ1v) is 12.4. The van der Waals surface area contributed by atoms with Crippen LogP contribution in [0.25, 0.3) is 11.1 Å². The summed E-state index contributed by atoms with van der Waals surface area (Å²) in [5.74, 6) is 0.656. The van der Waals surface area contributed by atoms with Gasteiger partial charge in [-0.05, 0) is 54.7 Å². The lowest BCUT2D eigenvalue weighted by atomic mass is 9.58. The Morgan fingerprint density at radius 3 is 2.42 bits per heavy atom. The van der Waals surface area contributed by atoms with E-state index in [1.54, 1.807) is 0 Å². The first kappa shape index (κ1) is 21.8. The number of fused-ring (bicyclic) bond motifs is 2. The van der Waals surface area contributed by atoms with Gasteiger partial charge in [-0.3, -0.25) is 0 Å². The minimum absolute atomic E-state index is 0.189. The molecule has 2 aromatic rings. The molecule has 1 spiro atoms. The zero-order valence-electron chi connectivity index (χ0n) is 19.7. The predicted octanol–water partition coefficient (Wildman–Crippen LogP) is 6.08. The van der Waals surface area contributed by atoms with Gasteiger partial charge in [0.1, 0.15) is 0 Å². The largest absolute Gasteiger partial charge is 0.348 e. The molecular weight excluding hydrogens is 416 g/mol. The van der Waals surface area contributed by atoms with E-state index in [1.807, 2.05) is 13.0 Å². The van der Waals surface area contributed by atoms with E-state index in [2.05, 4.69) is 62.4 Å². The fourth-order valence-electron chi connectivity index (χ4n) is 6.66. The maximum atomic E-state index is 6.52. The summed E-state index contributed by atoms with van der Waals surface area (Å²) in [6.45, 7) is 7.03. The third kappa shape index (κ3) is 3.57. The second-order valence-electron chi connectivity index (χ2n) is 10.6. The molecule has 2 bridgehead atoms. The number of hydrogen-bond acceptors (Lipinski definition) is 5. The summed E-state index contributed by atoms with van der Waals surface area (Å²) >= 11 is 0. The highest BCUT2D eigenvalue weighted by Gasteiger charge is 2.69. The minimum atomic E-state index is -0.754. The van der Waals surface area contributed by atoms with Crippen LogP contribution in [0.5, 0.6) is 0 Å². The van der Waals surface area contributed by atoms with Crippen LogP contribution in [0.1, 0.15) is 52.0 Å². The van der Waals surface area contributed by atoms with Crippen molar-refractivity contribution in [3.63, 3.8) is 0 Å². The van der Waals surface area contributed by atoms with E-state index in [-0.39, 0.29) is 18.1 Å². The average Bonchev–Trinajstić information content (AvgIpc) is 3.07. The van der Waals surface area contributed by atoms with E-state index in [0.29, 0.717) is 18.4 Å². The summed E-state index contributed by atoms with van der Waals surface area (Å²) in [5, 5.41) is 0. The first-order valence-electron chi connectivity index (χ1n) is 12.4. The standard InChI is InChI=1S/C28H34O5/c1-18-9-14-24-19(2)25(30-26-28(24)23(18)15-16-27(3,31-26)32-33-28)29-17-20-10-12-22(13-11-20)21-7-5-4-6-8-21/h4-8,10-13,18-19,23-26H,9,14-17H2,1-3H3/t18-,19-,23+,24+,25+,26-,27-,28-/m1/s1. The van der Waals surface area contributed by atoms with E-state index in [0.717, 1.165) is 24.8 Å². The SMILES string of the molecule is C[C@H]1[C@@H](OCc2ccc(-c3ccccc3)cc2)O[C@@H]2O[C@@]3(C)CC[C@H]4[C@H](C)CC[C@@H]1[C@@]24OO3. The fraction of sp³-hybridized carbons (Fsp3) is 0.571. The lowest BCUT2D eigenvalue weighted by molar-refractivity contribution is -0.577. The number of hydrogen-bond donors (Lipinski definition) is 0. The summed E-state index contributed by atoms with van der Waals surface area (Å²) in [5.41, 5.74) is 3.02. The van der Waals surface area contributed by atoms with Crippen LogP contribution >= 0.6 is 0 Å². The molecule has 2 aromatic carbocycles. The number of benzene rings is 2. The van der Waals surface area contributed by atoms with Crippen LogP contribution in [0, 0.1) is 23.7 Å².